The van der Waals surface area contributed by atoms with Gasteiger partial charge in [0.2, 0.25) is 0 Å². The fourth-order valence-corrected chi connectivity index (χ4v) is 3.58. The molecule has 0 radical (unpaired) electrons. The Hall–Kier alpha value is -1.36. The number of rotatable bonds is 9. The van der Waals surface area contributed by atoms with Gasteiger partial charge in [-0.15, -0.1) is 24.0 Å². The first-order valence-corrected chi connectivity index (χ1v) is 11.0. The molecule has 1 N–H and O–H groups in total. The van der Waals surface area contributed by atoms with Crippen LogP contribution in [0, 0.1) is 0 Å². The van der Waals surface area contributed by atoms with Crippen molar-refractivity contribution in [3.05, 3.63) is 47.2 Å². The monoisotopic (exact) mass is 561 g/mol. The van der Waals surface area contributed by atoms with Crippen molar-refractivity contribution < 1.29 is 9.47 Å². The molecule has 3 rings (SSSR count). The molecule has 2 heterocycles. The molecule has 1 saturated heterocycles. The molecule has 0 aliphatic carbocycles. The van der Waals surface area contributed by atoms with Crippen LogP contribution in [0.4, 0.5) is 0 Å². The number of hydrogen-bond donors (Lipinski definition) is 1. The van der Waals surface area contributed by atoms with E-state index < -0.39 is 0 Å². The number of ether oxygens (including phenoxy) is 2. The Morgan fingerprint density at radius 2 is 1.97 bits per heavy atom. The maximum absolute atomic E-state index is 5.97. The molecule has 9 heteroatoms. The summed E-state index contributed by atoms with van der Waals surface area (Å²) in [6, 6.07) is 7.64. The molecule has 0 unspecified atom stereocenters. The number of guanidine groups is 1. The SMILES string of the molecule is CCNC(=NCc1cnn(-c2ccc(Cl)cc2)c1)N1CCC(OCCCOC)CC1.I. The standard InChI is InChI=1S/C22H32ClN5O2.HI/c1-3-24-22(27-11-9-21(10-12-27)30-14-4-13-29-2)25-15-18-16-26-28(17-18)20-7-5-19(23)6-8-20;/h5-8,16-17,21H,3-4,9-15H2,1-2H3,(H,24,25);1H. The first-order valence-electron chi connectivity index (χ1n) is 10.6. The molecule has 1 aliphatic rings. The third-order valence-corrected chi connectivity index (χ3v) is 5.31. The molecular weight excluding hydrogens is 529 g/mol. The molecule has 1 fully saturated rings. The van der Waals surface area contributed by atoms with Crippen LogP contribution in [0.15, 0.2) is 41.7 Å². The number of aromatic nitrogens is 2. The fourth-order valence-electron chi connectivity index (χ4n) is 3.46. The summed E-state index contributed by atoms with van der Waals surface area (Å²) in [6.45, 7) is 6.95. The van der Waals surface area contributed by atoms with Crippen LogP contribution in [0.1, 0.15) is 31.7 Å². The van der Waals surface area contributed by atoms with Crippen molar-refractivity contribution in [3.63, 3.8) is 0 Å². The second-order valence-corrected chi connectivity index (χ2v) is 7.78. The first-order chi connectivity index (χ1) is 14.7. The van der Waals surface area contributed by atoms with Crippen molar-refractivity contribution in [2.45, 2.75) is 38.8 Å². The number of benzene rings is 1. The van der Waals surface area contributed by atoms with Crippen LogP contribution in [0.2, 0.25) is 5.02 Å². The highest BCUT2D eigenvalue weighted by molar-refractivity contribution is 14.0. The van der Waals surface area contributed by atoms with Gasteiger partial charge in [-0.1, -0.05) is 11.6 Å². The average Bonchev–Trinajstić information content (AvgIpc) is 3.24. The molecular formula is C22H33ClIN5O2. The van der Waals surface area contributed by atoms with Crippen molar-refractivity contribution in [1.29, 1.82) is 0 Å². The molecule has 0 amide bonds. The minimum atomic E-state index is 0. The Labute approximate surface area is 207 Å². The second-order valence-electron chi connectivity index (χ2n) is 7.34. The van der Waals surface area contributed by atoms with Crippen molar-refractivity contribution >= 4 is 41.5 Å². The second kappa shape index (κ2) is 13.9. The van der Waals surface area contributed by atoms with E-state index in [4.69, 9.17) is 26.1 Å². The zero-order valence-corrected chi connectivity index (χ0v) is 21.4. The van der Waals surface area contributed by atoms with Gasteiger partial charge in [-0.05, 0) is 50.5 Å². The third kappa shape index (κ3) is 8.25. The number of piperidine rings is 1. The Morgan fingerprint density at radius 3 is 2.65 bits per heavy atom. The zero-order chi connectivity index (χ0) is 21.2. The van der Waals surface area contributed by atoms with Gasteiger partial charge in [0.25, 0.3) is 0 Å². The topological polar surface area (TPSA) is 63.9 Å². The van der Waals surface area contributed by atoms with Gasteiger partial charge in [-0.25, -0.2) is 9.67 Å². The van der Waals surface area contributed by atoms with Gasteiger partial charge in [0.05, 0.1) is 24.5 Å². The number of methoxy groups -OCH3 is 1. The number of hydrogen-bond acceptors (Lipinski definition) is 4. The highest BCUT2D eigenvalue weighted by Crippen LogP contribution is 2.16. The Kier molecular flexibility index (Phi) is 11.6. The van der Waals surface area contributed by atoms with Crippen molar-refractivity contribution in [2.75, 3.05) is 40.0 Å². The lowest BCUT2D eigenvalue weighted by molar-refractivity contribution is 0.00990. The number of nitrogens with zero attached hydrogens (tertiary/aromatic N) is 4. The Balaban J connectivity index is 0.00000341. The van der Waals surface area contributed by atoms with E-state index in [9.17, 15) is 0 Å². The van der Waals surface area contributed by atoms with Gasteiger partial charge in [0, 0.05) is 56.7 Å². The van der Waals surface area contributed by atoms with Crippen LogP contribution in [0.25, 0.3) is 5.69 Å². The fraction of sp³-hybridized carbons (Fsp3) is 0.545. The Bertz CT molecular complexity index is 791. The highest BCUT2D eigenvalue weighted by atomic mass is 127. The summed E-state index contributed by atoms with van der Waals surface area (Å²) in [5, 5.41) is 8.59. The van der Waals surface area contributed by atoms with E-state index in [1.54, 1.807) is 7.11 Å². The molecule has 2 aromatic rings. The molecule has 31 heavy (non-hydrogen) atoms. The van der Waals surface area contributed by atoms with Gasteiger partial charge < -0.3 is 19.7 Å². The Morgan fingerprint density at radius 1 is 1.23 bits per heavy atom. The van der Waals surface area contributed by atoms with Crippen LogP contribution >= 0.6 is 35.6 Å². The maximum atomic E-state index is 5.97. The van der Waals surface area contributed by atoms with Crippen LogP contribution in [-0.4, -0.2) is 66.7 Å². The normalized spacial score (nSPS) is 15.1. The molecule has 172 valence electrons. The van der Waals surface area contributed by atoms with E-state index in [-0.39, 0.29) is 24.0 Å². The average molecular weight is 562 g/mol. The van der Waals surface area contributed by atoms with Crippen molar-refractivity contribution in [3.8, 4) is 5.69 Å². The van der Waals surface area contributed by atoms with Gasteiger partial charge in [0.15, 0.2) is 5.96 Å². The van der Waals surface area contributed by atoms with Crippen molar-refractivity contribution in [2.24, 2.45) is 4.99 Å². The van der Waals surface area contributed by atoms with E-state index in [2.05, 4.69) is 22.2 Å². The molecule has 1 aromatic carbocycles. The van der Waals surface area contributed by atoms with Crippen LogP contribution in [0.3, 0.4) is 0 Å². The van der Waals surface area contributed by atoms with Crippen LogP contribution < -0.4 is 5.32 Å². The summed E-state index contributed by atoms with van der Waals surface area (Å²) in [5.41, 5.74) is 2.05. The summed E-state index contributed by atoms with van der Waals surface area (Å²) in [7, 11) is 1.72. The lowest BCUT2D eigenvalue weighted by atomic mass is 10.1. The van der Waals surface area contributed by atoms with Crippen LogP contribution in [-0.2, 0) is 16.0 Å². The first kappa shape index (κ1) is 25.9. The summed E-state index contributed by atoms with van der Waals surface area (Å²) in [4.78, 5) is 7.16. The molecule has 0 atom stereocenters. The molecule has 0 bridgehead atoms. The molecule has 7 nitrogen and oxygen atoms in total. The molecule has 1 aliphatic heterocycles. The number of aliphatic imine (C=N–C) groups is 1. The molecule has 0 spiro atoms. The van der Waals surface area contributed by atoms with Gasteiger partial charge in [-0.3, -0.25) is 0 Å². The van der Waals surface area contributed by atoms with E-state index in [0.717, 1.165) is 74.3 Å². The van der Waals surface area contributed by atoms with Gasteiger partial charge >= 0.3 is 0 Å². The smallest absolute Gasteiger partial charge is 0.194 e. The molecule has 0 saturated carbocycles. The van der Waals surface area contributed by atoms with Gasteiger partial charge in [0.1, 0.15) is 0 Å². The number of likely N-dealkylation sites (tertiary alicyclic amines) is 1. The largest absolute Gasteiger partial charge is 0.385 e. The van der Waals surface area contributed by atoms with E-state index >= 15 is 0 Å². The highest BCUT2D eigenvalue weighted by Gasteiger charge is 2.21. The van der Waals surface area contributed by atoms with E-state index in [0.29, 0.717) is 12.6 Å². The quantitative estimate of drug-likeness (QED) is 0.216. The van der Waals surface area contributed by atoms with E-state index in [1.807, 2.05) is 41.3 Å². The lowest BCUT2D eigenvalue weighted by Crippen LogP contribution is -2.47. The van der Waals surface area contributed by atoms with Crippen molar-refractivity contribution in [1.82, 2.24) is 20.0 Å². The predicted octanol–water partition coefficient (Wildman–Crippen LogP) is 4.13. The van der Waals surface area contributed by atoms with E-state index in [1.165, 1.54) is 0 Å². The summed E-state index contributed by atoms with van der Waals surface area (Å²) in [6.07, 6.45) is 7.19. The summed E-state index contributed by atoms with van der Waals surface area (Å²) < 4.78 is 12.9. The number of halogens is 2. The number of nitrogens with one attached hydrogen (secondary N) is 1. The minimum absolute atomic E-state index is 0. The summed E-state index contributed by atoms with van der Waals surface area (Å²) in [5.74, 6) is 0.953. The minimum Gasteiger partial charge on any atom is -0.385 e. The lowest BCUT2D eigenvalue weighted by Gasteiger charge is -2.34. The molecule has 1 aromatic heterocycles. The maximum Gasteiger partial charge on any atom is 0.194 e. The van der Waals surface area contributed by atoms with Gasteiger partial charge in [-0.2, -0.15) is 5.10 Å². The predicted molar refractivity (Wildman–Crippen MR) is 136 cm³/mol. The third-order valence-electron chi connectivity index (χ3n) is 5.06. The van der Waals surface area contributed by atoms with Crippen LogP contribution in [0.5, 0.6) is 0 Å². The summed E-state index contributed by atoms with van der Waals surface area (Å²) >= 11 is 5.97. The zero-order valence-electron chi connectivity index (χ0n) is 18.3.